The Balaban J connectivity index is 1.95. The molecule has 1 aromatic carbocycles. The van der Waals surface area contributed by atoms with Crippen LogP contribution >= 0.6 is 0 Å². The molecule has 0 radical (unpaired) electrons. The van der Waals surface area contributed by atoms with Crippen LogP contribution < -0.4 is 5.32 Å². The molecule has 3 heteroatoms. The molecule has 3 nitrogen and oxygen atoms in total. The Labute approximate surface area is 109 Å². The van der Waals surface area contributed by atoms with E-state index in [4.69, 9.17) is 0 Å². The van der Waals surface area contributed by atoms with E-state index in [0.29, 0.717) is 0 Å². The van der Waals surface area contributed by atoms with Gasteiger partial charge in [-0.05, 0) is 26.3 Å². The van der Waals surface area contributed by atoms with Gasteiger partial charge in [-0.25, -0.2) is 4.98 Å². The second kappa shape index (κ2) is 5.36. The predicted octanol–water partition coefficient (Wildman–Crippen LogP) is 3.01. The summed E-state index contributed by atoms with van der Waals surface area (Å²) in [6.45, 7) is 7.45. The van der Waals surface area contributed by atoms with Gasteiger partial charge >= 0.3 is 0 Å². The molecule has 0 amide bonds. The van der Waals surface area contributed by atoms with Crippen molar-refractivity contribution in [2.45, 2.75) is 32.7 Å². The summed E-state index contributed by atoms with van der Waals surface area (Å²) >= 11 is 0. The van der Waals surface area contributed by atoms with Crippen molar-refractivity contribution in [3.05, 3.63) is 42.4 Å². The van der Waals surface area contributed by atoms with Crippen LogP contribution in [0, 0.1) is 0 Å². The second-order valence-corrected chi connectivity index (χ2v) is 5.54. The van der Waals surface area contributed by atoms with Gasteiger partial charge in [-0.1, -0.05) is 30.3 Å². The first kappa shape index (κ1) is 12.8. The van der Waals surface area contributed by atoms with Crippen molar-refractivity contribution < 1.29 is 0 Å². The largest absolute Gasteiger partial charge is 0.342 e. The highest BCUT2D eigenvalue weighted by Gasteiger charge is 2.08. The summed E-state index contributed by atoms with van der Waals surface area (Å²) in [5, 5.41) is 3.46. The summed E-state index contributed by atoms with van der Waals surface area (Å²) in [4.78, 5) is 7.78. The van der Waals surface area contributed by atoms with Gasteiger partial charge in [0, 0.05) is 18.5 Å². The van der Waals surface area contributed by atoms with Crippen molar-refractivity contribution in [2.24, 2.45) is 0 Å². The maximum absolute atomic E-state index is 4.42. The number of imidazole rings is 1. The van der Waals surface area contributed by atoms with Gasteiger partial charge in [0.2, 0.25) is 0 Å². The molecule has 0 aliphatic carbocycles. The molecule has 1 aromatic heterocycles. The Morgan fingerprint density at radius 1 is 1.17 bits per heavy atom. The first-order valence-electron chi connectivity index (χ1n) is 6.39. The van der Waals surface area contributed by atoms with Crippen LogP contribution in [0.15, 0.2) is 36.5 Å². The third-order valence-electron chi connectivity index (χ3n) is 2.73. The molecule has 2 aromatic rings. The van der Waals surface area contributed by atoms with Crippen molar-refractivity contribution in [1.29, 1.82) is 0 Å². The van der Waals surface area contributed by atoms with Crippen molar-refractivity contribution >= 4 is 0 Å². The molecular weight excluding hydrogens is 222 g/mol. The van der Waals surface area contributed by atoms with E-state index >= 15 is 0 Å². The minimum atomic E-state index is 0.162. The number of nitrogens with zero attached hydrogens (tertiary/aromatic N) is 1. The number of aromatic amines is 1. The highest BCUT2D eigenvalue weighted by molar-refractivity contribution is 5.57. The van der Waals surface area contributed by atoms with E-state index in [0.717, 1.165) is 24.5 Å². The number of aromatic nitrogens is 2. The molecule has 2 N–H and O–H groups in total. The lowest BCUT2D eigenvalue weighted by Gasteiger charge is -2.19. The quantitative estimate of drug-likeness (QED) is 0.866. The van der Waals surface area contributed by atoms with Crippen LogP contribution in [0.4, 0.5) is 0 Å². The second-order valence-electron chi connectivity index (χ2n) is 5.54. The van der Waals surface area contributed by atoms with E-state index in [9.17, 15) is 0 Å². The highest BCUT2D eigenvalue weighted by Crippen LogP contribution is 2.16. The summed E-state index contributed by atoms with van der Waals surface area (Å²) in [5.74, 6) is 1.03. The molecule has 0 fully saturated rings. The van der Waals surface area contributed by atoms with Gasteiger partial charge in [0.25, 0.3) is 0 Å². The van der Waals surface area contributed by atoms with Crippen LogP contribution in [0.2, 0.25) is 0 Å². The SMILES string of the molecule is CC(C)(C)NCCc1ncc(-c2ccccc2)[nH]1. The number of hydrogen-bond acceptors (Lipinski definition) is 2. The molecule has 1 heterocycles. The Hall–Kier alpha value is -1.61. The molecule has 18 heavy (non-hydrogen) atoms. The van der Waals surface area contributed by atoms with Crippen LogP contribution in [0.3, 0.4) is 0 Å². The molecule has 0 aliphatic rings. The van der Waals surface area contributed by atoms with E-state index in [-0.39, 0.29) is 5.54 Å². The van der Waals surface area contributed by atoms with Crippen molar-refractivity contribution in [3.8, 4) is 11.3 Å². The fourth-order valence-corrected chi connectivity index (χ4v) is 1.81. The van der Waals surface area contributed by atoms with E-state index in [1.165, 1.54) is 5.56 Å². The molecule has 0 atom stereocenters. The van der Waals surface area contributed by atoms with Crippen molar-refractivity contribution in [1.82, 2.24) is 15.3 Å². The average Bonchev–Trinajstić information content (AvgIpc) is 2.77. The number of nitrogens with one attached hydrogen (secondary N) is 2. The monoisotopic (exact) mass is 243 g/mol. The lowest BCUT2D eigenvalue weighted by molar-refractivity contribution is 0.427. The Morgan fingerprint density at radius 2 is 1.89 bits per heavy atom. The van der Waals surface area contributed by atoms with Crippen molar-refractivity contribution in [3.63, 3.8) is 0 Å². The molecular formula is C15H21N3. The number of benzene rings is 1. The molecule has 2 rings (SSSR count). The van der Waals surface area contributed by atoms with Gasteiger partial charge in [0.05, 0.1) is 11.9 Å². The highest BCUT2D eigenvalue weighted by atomic mass is 15.0. The van der Waals surface area contributed by atoms with Crippen molar-refractivity contribution in [2.75, 3.05) is 6.54 Å². The molecule has 0 bridgehead atoms. The Morgan fingerprint density at radius 3 is 2.56 bits per heavy atom. The summed E-state index contributed by atoms with van der Waals surface area (Å²) in [5.41, 5.74) is 2.43. The van der Waals surface area contributed by atoms with E-state index in [1.807, 2.05) is 24.4 Å². The zero-order valence-corrected chi connectivity index (χ0v) is 11.3. The lowest BCUT2D eigenvalue weighted by Crippen LogP contribution is -2.37. The Kier molecular flexibility index (Phi) is 3.82. The summed E-state index contributed by atoms with van der Waals surface area (Å²) in [7, 11) is 0. The molecule has 0 spiro atoms. The van der Waals surface area contributed by atoms with E-state index in [2.05, 4.69) is 48.2 Å². The van der Waals surface area contributed by atoms with Crippen LogP contribution in [-0.2, 0) is 6.42 Å². The van der Waals surface area contributed by atoms with Gasteiger partial charge < -0.3 is 10.3 Å². The normalized spacial score (nSPS) is 11.7. The standard InChI is InChI=1S/C15H21N3/c1-15(2,3)17-10-9-14-16-11-13(18-14)12-7-5-4-6-8-12/h4-8,11,17H,9-10H2,1-3H3,(H,16,18). The molecule has 0 unspecified atom stereocenters. The fourth-order valence-electron chi connectivity index (χ4n) is 1.81. The molecule has 0 aliphatic heterocycles. The van der Waals surface area contributed by atoms with E-state index in [1.54, 1.807) is 0 Å². The van der Waals surface area contributed by atoms with Crippen LogP contribution in [0.1, 0.15) is 26.6 Å². The topological polar surface area (TPSA) is 40.7 Å². The first-order valence-corrected chi connectivity index (χ1v) is 6.39. The smallest absolute Gasteiger partial charge is 0.107 e. The third kappa shape index (κ3) is 3.70. The molecule has 96 valence electrons. The number of hydrogen-bond donors (Lipinski definition) is 2. The van der Waals surface area contributed by atoms with Gasteiger partial charge in [0.15, 0.2) is 0 Å². The van der Waals surface area contributed by atoms with Crippen LogP contribution in [-0.4, -0.2) is 22.1 Å². The summed E-state index contributed by atoms with van der Waals surface area (Å²) < 4.78 is 0. The number of H-pyrrole nitrogens is 1. The zero-order chi connectivity index (χ0) is 13.0. The molecule has 0 saturated heterocycles. The van der Waals surface area contributed by atoms with Gasteiger partial charge in [-0.3, -0.25) is 0 Å². The van der Waals surface area contributed by atoms with Gasteiger partial charge in [0.1, 0.15) is 5.82 Å². The third-order valence-corrected chi connectivity index (χ3v) is 2.73. The van der Waals surface area contributed by atoms with Gasteiger partial charge in [-0.2, -0.15) is 0 Å². The van der Waals surface area contributed by atoms with Crippen LogP contribution in [0.25, 0.3) is 11.3 Å². The summed E-state index contributed by atoms with van der Waals surface area (Å²) in [6.07, 6.45) is 2.83. The first-order chi connectivity index (χ1) is 8.54. The number of rotatable bonds is 4. The Bertz CT molecular complexity index is 480. The maximum atomic E-state index is 4.42. The summed E-state index contributed by atoms with van der Waals surface area (Å²) in [6, 6.07) is 10.3. The fraction of sp³-hybridized carbons (Fsp3) is 0.400. The zero-order valence-electron chi connectivity index (χ0n) is 11.3. The predicted molar refractivity (Wildman–Crippen MR) is 75.5 cm³/mol. The minimum absolute atomic E-state index is 0.162. The minimum Gasteiger partial charge on any atom is -0.342 e. The maximum Gasteiger partial charge on any atom is 0.107 e. The van der Waals surface area contributed by atoms with E-state index < -0.39 is 0 Å². The lowest BCUT2D eigenvalue weighted by atomic mass is 10.1. The average molecular weight is 243 g/mol. The van der Waals surface area contributed by atoms with Gasteiger partial charge in [-0.15, -0.1) is 0 Å². The molecule has 0 saturated carbocycles. The van der Waals surface area contributed by atoms with Crippen LogP contribution in [0.5, 0.6) is 0 Å².